The summed E-state index contributed by atoms with van der Waals surface area (Å²) >= 11 is 12.1. The molecule has 0 heterocycles. The molecule has 3 heteroatoms. The van der Waals surface area contributed by atoms with Crippen LogP contribution in [0.5, 0.6) is 11.5 Å². The highest BCUT2D eigenvalue weighted by atomic mass is 35.5. The molecule has 0 saturated heterocycles. The molecule has 0 aromatic heterocycles. The van der Waals surface area contributed by atoms with Gasteiger partial charge in [-0.05, 0) is 70.1 Å². The second-order valence-corrected chi connectivity index (χ2v) is 8.06. The molecule has 5 rings (SSSR count). The molecule has 0 bridgehead atoms. The normalized spacial score (nSPS) is 12.3. The fourth-order valence-corrected chi connectivity index (χ4v) is 4.24. The van der Waals surface area contributed by atoms with Gasteiger partial charge in [0.1, 0.15) is 11.5 Å². The van der Waals surface area contributed by atoms with Gasteiger partial charge in [0.25, 0.3) is 0 Å². The molecule has 0 N–H and O–H groups in total. The highest BCUT2D eigenvalue weighted by Gasteiger charge is 2.15. The molecule has 0 spiro atoms. The summed E-state index contributed by atoms with van der Waals surface area (Å²) in [6, 6.07) is 26.6. The topological polar surface area (TPSA) is 9.23 Å². The van der Waals surface area contributed by atoms with Gasteiger partial charge < -0.3 is 4.74 Å². The smallest absolute Gasteiger partial charge is 0.129 e. The van der Waals surface area contributed by atoms with E-state index in [2.05, 4.69) is 54.6 Å². The predicted molar refractivity (Wildman–Crippen MR) is 123 cm³/mol. The van der Waals surface area contributed by atoms with E-state index in [1.807, 2.05) is 18.2 Å². The molecule has 1 aliphatic rings. The first kappa shape index (κ1) is 18.3. The van der Waals surface area contributed by atoms with Crippen LogP contribution in [-0.4, -0.2) is 0 Å². The molecule has 0 atom stereocenters. The van der Waals surface area contributed by atoms with Crippen molar-refractivity contribution in [2.75, 3.05) is 0 Å². The van der Waals surface area contributed by atoms with Crippen molar-refractivity contribution in [2.45, 2.75) is 12.8 Å². The maximum Gasteiger partial charge on any atom is 0.129 e. The molecule has 1 aliphatic carbocycles. The second kappa shape index (κ2) is 7.59. The summed E-state index contributed by atoms with van der Waals surface area (Å²) in [6.07, 6.45) is 4.27. The summed E-state index contributed by atoms with van der Waals surface area (Å²) in [4.78, 5) is 0. The van der Waals surface area contributed by atoms with E-state index in [1.165, 1.54) is 33.0 Å². The molecule has 1 nitrogen and oxygen atoms in total. The molecule has 0 aliphatic heterocycles. The maximum absolute atomic E-state index is 6.09. The monoisotopic (exact) mass is 416 g/mol. The quantitative estimate of drug-likeness (QED) is 0.317. The summed E-state index contributed by atoms with van der Waals surface area (Å²) in [5.74, 6) is 1.48. The third-order valence-corrected chi connectivity index (χ3v) is 6.06. The van der Waals surface area contributed by atoms with E-state index in [1.54, 1.807) is 12.1 Å². The van der Waals surface area contributed by atoms with Crippen LogP contribution in [0.15, 0.2) is 78.9 Å². The lowest BCUT2D eigenvalue weighted by Gasteiger charge is -2.10. The van der Waals surface area contributed by atoms with Crippen LogP contribution >= 0.6 is 23.2 Å². The third-order valence-electron chi connectivity index (χ3n) is 5.32. The molecule has 0 saturated carbocycles. The first-order valence-electron chi connectivity index (χ1n) is 9.62. The molecule has 4 aromatic carbocycles. The lowest BCUT2D eigenvalue weighted by Crippen LogP contribution is -1.90. The Balaban J connectivity index is 1.33. The Bertz CT molecular complexity index is 1250. The minimum atomic E-state index is 0.488. The van der Waals surface area contributed by atoms with Crippen LogP contribution in [0.25, 0.3) is 22.4 Å². The van der Waals surface area contributed by atoms with Gasteiger partial charge in [0.05, 0.1) is 10.0 Å². The minimum Gasteiger partial charge on any atom is -0.457 e. The van der Waals surface area contributed by atoms with Crippen LogP contribution in [0, 0.1) is 0 Å². The average Bonchev–Trinajstić information content (AvgIpc) is 3.10. The number of hydrogen-bond donors (Lipinski definition) is 0. The zero-order valence-electron chi connectivity index (χ0n) is 15.7. The fourth-order valence-electron chi connectivity index (χ4n) is 3.95. The standard InChI is InChI=1S/C26H18Cl2O/c27-24-13-12-22(16-25(24)28)29-21-8-1-4-17(14-21)10-11-19-15-20-7-2-5-18-6-3-9-23(19)26(18)20/h1-9,12-16H,10-11H2. The van der Waals surface area contributed by atoms with Crippen LogP contribution in [-0.2, 0) is 6.42 Å². The van der Waals surface area contributed by atoms with Crippen molar-refractivity contribution in [1.82, 2.24) is 0 Å². The van der Waals surface area contributed by atoms with Crippen molar-refractivity contribution in [1.29, 1.82) is 0 Å². The Morgan fingerprint density at radius 1 is 0.690 bits per heavy atom. The Labute approximate surface area is 180 Å². The lowest BCUT2D eigenvalue weighted by atomic mass is 9.98. The number of ether oxygens (including phenoxy) is 1. The number of benzene rings is 4. The van der Waals surface area contributed by atoms with Gasteiger partial charge in [-0.1, -0.05) is 77.8 Å². The second-order valence-electron chi connectivity index (χ2n) is 7.25. The van der Waals surface area contributed by atoms with E-state index in [-0.39, 0.29) is 0 Å². The van der Waals surface area contributed by atoms with Gasteiger partial charge in [-0.15, -0.1) is 0 Å². The highest BCUT2D eigenvalue weighted by Crippen LogP contribution is 2.38. The van der Waals surface area contributed by atoms with Crippen LogP contribution in [0.2, 0.25) is 10.0 Å². The van der Waals surface area contributed by atoms with E-state index >= 15 is 0 Å². The molecule has 0 radical (unpaired) electrons. The van der Waals surface area contributed by atoms with Crippen LogP contribution in [0.1, 0.15) is 23.1 Å². The van der Waals surface area contributed by atoms with Gasteiger partial charge in [0, 0.05) is 6.07 Å². The van der Waals surface area contributed by atoms with Crippen LogP contribution in [0.4, 0.5) is 0 Å². The average molecular weight is 417 g/mol. The van der Waals surface area contributed by atoms with Crippen LogP contribution < -0.4 is 4.74 Å². The van der Waals surface area contributed by atoms with Gasteiger partial charge in [-0.3, -0.25) is 0 Å². The van der Waals surface area contributed by atoms with Gasteiger partial charge >= 0.3 is 0 Å². The zero-order valence-corrected chi connectivity index (χ0v) is 17.2. The molecule has 29 heavy (non-hydrogen) atoms. The van der Waals surface area contributed by atoms with Crippen molar-refractivity contribution < 1.29 is 4.74 Å². The Morgan fingerprint density at radius 2 is 1.48 bits per heavy atom. The first-order valence-corrected chi connectivity index (χ1v) is 10.4. The van der Waals surface area contributed by atoms with E-state index in [0.717, 1.165) is 18.6 Å². The molecule has 0 fully saturated rings. The molecule has 0 amide bonds. The highest BCUT2D eigenvalue weighted by molar-refractivity contribution is 6.42. The number of allylic oxidation sites excluding steroid dienone is 1. The van der Waals surface area contributed by atoms with Gasteiger partial charge in [-0.25, -0.2) is 0 Å². The molecular weight excluding hydrogens is 399 g/mol. The minimum absolute atomic E-state index is 0.488. The predicted octanol–water partition coefficient (Wildman–Crippen LogP) is 8.43. The summed E-state index contributed by atoms with van der Waals surface area (Å²) in [5, 5.41) is 3.70. The first-order chi connectivity index (χ1) is 14.2. The Hall–Kier alpha value is -2.74. The summed E-state index contributed by atoms with van der Waals surface area (Å²) in [5.41, 5.74) is 5.32. The van der Waals surface area contributed by atoms with Crippen molar-refractivity contribution >= 4 is 45.6 Å². The summed E-state index contributed by atoms with van der Waals surface area (Å²) < 4.78 is 5.97. The zero-order chi connectivity index (χ0) is 19.8. The van der Waals surface area contributed by atoms with Crippen molar-refractivity contribution in [3.8, 4) is 11.5 Å². The molecule has 142 valence electrons. The largest absolute Gasteiger partial charge is 0.457 e. The van der Waals surface area contributed by atoms with Crippen molar-refractivity contribution in [3.63, 3.8) is 0 Å². The molecule has 4 aromatic rings. The fraction of sp³-hybridized carbons (Fsp3) is 0.0769. The lowest BCUT2D eigenvalue weighted by molar-refractivity contribution is 0.482. The van der Waals surface area contributed by atoms with E-state index in [4.69, 9.17) is 27.9 Å². The number of hydrogen-bond acceptors (Lipinski definition) is 1. The third kappa shape index (κ3) is 3.64. The summed E-state index contributed by atoms with van der Waals surface area (Å²) in [7, 11) is 0. The van der Waals surface area contributed by atoms with Crippen LogP contribution in [0.3, 0.4) is 0 Å². The van der Waals surface area contributed by atoms with Gasteiger partial charge in [0.15, 0.2) is 0 Å². The van der Waals surface area contributed by atoms with Crippen molar-refractivity contribution in [3.05, 3.63) is 106 Å². The van der Waals surface area contributed by atoms with Gasteiger partial charge in [-0.2, -0.15) is 0 Å². The molecular formula is C26H18Cl2O. The Morgan fingerprint density at radius 3 is 2.34 bits per heavy atom. The summed E-state index contributed by atoms with van der Waals surface area (Å²) in [6.45, 7) is 0. The SMILES string of the molecule is Clc1ccc(Oc2cccc(CCC3=Cc4cccc5cccc3c45)c2)cc1Cl. The number of halogens is 2. The van der Waals surface area contributed by atoms with E-state index < -0.39 is 0 Å². The van der Waals surface area contributed by atoms with E-state index in [0.29, 0.717) is 15.8 Å². The van der Waals surface area contributed by atoms with E-state index in [9.17, 15) is 0 Å². The number of rotatable bonds is 5. The Kier molecular flexibility index (Phi) is 4.79. The van der Waals surface area contributed by atoms with Gasteiger partial charge in [0.2, 0.25) is 0 Å². The maximum atomic E-state index is 6.09. The van der Waals surface area contributed by atoms with Crippen molar-refractivity contribution in [2.24, 2.45) is 0 Å². The molecule has 0 unspecified atom stereocenters. The number of aryl methyl sites for hydroxylation is 1.